The Kier molecular flexibility index (Phi) is 14.9. The largest absolute Gasteiger partial charge is 0.460 e. The first-order valence-corrected chi connectivity index (χ1v) is 16.1. The molecule has 1 aliphatic rings. The van der Waals surface area contributed by atoms with Crippen LogP contribution in [0.1, 0.15) is 67.9 Å². The van der Waals surface area contributed by atoms with Gasteiger partial charge < -0.3 is 23.8 Å². The fourth-order valence-electron chi connectivity index (χ4n) is 4.60. The number of hydrogen-bond donors (Lipinski definition) is 0. The number of carbonyl (C=O) groups excluding carboxylic acids is 4. The van der Waals surface area contributed by atoms with E-state index in [9.17, 15) is 19.2 Å². The fourth-order valence-corrected chi connectivity index (χ4v) is 4.60. The van der Waals surface area contributed by atoms with Crippen molar-refractivity contribution in [2.45, 2.75) is 85.7 Å². The molecule has 0 spiro atoms. The third-order valence-corrected chi connectivity index (χ3v) is 6.63. The zero-order valence-corrected chi connectivity index (χ0v) is 29.4. The molecule has 0 N–H and O–H groups in total. The lowest BCUT2D eigenvalue weighted by Gasteiger charge is -2.34. The molecule has 0 aromatic heterocycles. The first kappa shape index (κ1) is 39.0. The van der Waals surface area contributed by atoms with E-state index in [1.54, 1.807) is 4.90 Å². The van der Waals surface area contributed by atoms with Crippen LogP contribution in [0.3, 0.4) is 0 Å². The van der Waals surface area contributed by atoms with E-state index in [2.05, 4.69) is 0 Å². The van der Waals surface area contributed by atoms with Crippen LogP contribution in [0.2, 0.25) is 0 Å². The zero-order valence-electron chi connectivity index (χ0n) is 29.4. The van der Waals surface area contributed by atoms with Crippen molar-refractivity contribution >= 4 is 24.0 Å². The minimum atomic E-state index is -0.692. The highest BCUT2D eigenvalue weighted by Crippen LogP contribution is 2.13. The lowest BCUT2D eigenvalue weighted by molar-refractivity contribution is -0.157. The molecule has 1 fully saturated rings. The van der Waals surface area contributed by atoms with Gasteiger partial charge in [-0.3, -0.25) is 29.1 Å². The summed E-state index contributed by atoms with van der Waals surface area (Å²) in [5, 5.41) is 0. The van der Waals surface area contributed by atoms with Gasteiger partial charge in [0.25, 0.3) is 0 Å². The maximum Gasteiger partial charge on any atom is 0.410 e. The standard InChI is InChI=1S/C34H56N4O8/c1-32(2,3)44-29(40)24-36-17-15-35(23-28(39)43-26-27-13-11-10-12-14-27)16-18-37(25-30(41)45-33(4,5)6)20-22-38(21-19-36)31(42)46-34(7,8)9/h10-14H,15-26H2,1-9H3. The number of esters is 3. The van der Waals surface area contributed by atoms with Crippen molar-refractivity contribution in [2.24, 2.45) is 0 Å². The second kappa shape index (κ2) is 17.6. The van der Waals surface area contributed by atoms with Gasteiger partial charge >= 0.3 is 24.0 Å². The molecule has 1 aromatic rings. The quantitative estimate of drug-likeness (QED) is 0.304. The van der Waals surface area contributed by atoms with Gasteiger partial charge in [0.05, 0.1) is 19.6 Å². The molecule has 0 bridgehead atoms. The maximum atomic E-state index is 13.2. The summed E-state index contributed by atoms with van der Waals surface area (Å²) >= 11 is 0. The number of nitrogens with zero attached hydrogens (tertiary/aromatic N) is 4. The van der Waals surface area contributed by atoms with Crippen LogP contribution in [0.15, 0.2) is 30.3 Å². The van der Waals surface area contributed by atoms with Crippen molar-refractivity contribution in [2.75, 3.05) is 72.0 Å². The number of benzene rings is 1. The molecule has 1 aromatic carbocycles. The molecule has 0 aliphatic carbocycles. The highest BCUT2D eigenvalue weighted by Gasteiger charge is 2.27. The lowest BCUT2D eigenvalue weighted by Crippen LogP contribution is -2.50. The molecule has 0 saturated carbocycles. The van der Waals surface area contributed by atoms with Crippen LogP contribution in [0.25, 0.3) is 0 Å². The Morgan fingerprint density at radius 2 is 0.913 bits per heavy atom. The average molecular weight is 649 g/mol. The van der Waals surface area contributed by atoms with Crippen molar-refractivity contribution in [3.8, 4) is 0 Å². The van der Waals surface area contributed by atoms with Crippen LogP contribution in [-0.2, 0) is 39.9 Å². The van der Waals surface area contributed by atoms with Gasteiger partial charge in [-0.25, -0.2) is 4.79 Å². The van der Waals surface area contributed by atoms with Gasteiger partial charge in [0.1, 0.15) is 23.4 Å². The summed E-state index contributed by atoms with van der Waals surface area (Å²) in [6, 6.07) is 9.48. The van der Waals surface area contributed by atoms with Crippen LogP contribution < -0.4 is 0 Å². The van der Waals surface area contributed by atoms with Gasteiger partial charge in [0.2, 0.25) is 0 Å². The predicted octanol–water partition coefficient (Wildman–Crippen LogP) is 3.57. The molecule has 1 saturated heterocycles. The van der Waals surface area contributed by atoms with E-state index >= 15 is 0 Å². The van der Waals surface area contributed by atoms with Crippen LogP contribution in [0, 0.1) is 0 Å². The third-order valence-electron chi connectivity index (χ3n) is 6.63. The summed E-state index contributed by atoms with van der Waals surface area (Å²) < 4.78 is 22.4. The first-order chi connectivity index (χ1) is 21.3. The molecule has 1 amide bonds. The summed E-state index contributed by atoms with van der Waals surface area (Å²) in [4.78, 5) is 59.2. The van der Waals surface area contributed by atoms with Crippen molar-refractivity contribution in [1.29, 1.82) is 0 Å². The smallest absolute Gasteiger partial charge is 0.410 e. The molecule has 260 valence electrons. The van der Waals surface area contributed by atoms with Crippen LogP contribution in [0.4, 0.5) is 4.79 Å². The summed E-state index contributed by atoms with van der Waals surface area (Å²) in [6.45, 7) is 19.7. The minimum absolute atomic E-state index is 0.0243. The van der Waals surface area contributed by atoms with Crippen molar-refractivity contribution in [3.05, 3.63) is 35.9 Å². The fraction of sp³-hybridized carbons (Fsp3) is 0.706. The molecular weight excluding hydrogens is 592 g/mol. The van der Waals surface area contributed by atoms with Gasteiger partial charge in [0, 0.05) is 52.4 Å². The van der Waals surface area contributed by atoms with Gasteiger partial charge in [-0.05, 0) is 67.9 Å². The van der Waals surface area contributed by atoms with Gasteiger partial charge in [-0.1, -0.05) is 30.3 Å². The van der Waals surface area contributed by atoms with E-state index < -0.39 is 22.9 Å². The summed E-state index contributed by atoms with van der Waals surface area (Å²) in [5.74, 6) is -1.12. The summed E-state index contributed by atoms with van der Waals surface area (Å²) in [7, 11) is 0. The van der Waals surface area contributed by atoms with Crippen molar-refractivity contribution < 1.29 is 38.1 Å². The number of carbonyl (C=O) groups is 4. The van der Waals surface area contributed by atoms with Gasteiger partial charge in [0.15, 0.2) is 0 Å². The normalized spacial score (nSPS) is 16.9. The highest BCUT2D eigenvalue weighted by molar-refractivity contribution is 5.73. The van der Waals surface area contributed by atoms with E-state index in [0.717, 1.165) is 5.56 Å². The second-order valence-corrected chi connectivity index (χ2v) is 14.6. The SMILES string of the molecule is CC(C)(C)OC(=O)CN1CCN(CC(=O)OCc2ccccc2)CCN(CC(=O)OC(C)(C)C)CCN(C(=O)OC(C)(C)C)CC1. The molecule has 0 atom stereocenters. The molecule has 12 nitrogen and oxygen atoms in total. The lowest BCUT2D eigenvalue weighted by atomic mass is 10.2. The maximum absolute atomic E-state index is 13.2. The predicted molar refractivity (Wildman–Crippen MR) is 175 cm³/mol. The Labute approximate surface area is 275 Å². The van der Waals surface area contributed by atoms with E-state index in [1.807, 2.05) is 107 Å². The molecule has 12 heteroatoms. The Balaban J connectivity index is 2.26. The zero-order chi connectivity index (χ0) is 34.5. The molecule has 1 aliphatic heterocycles. The topological polar surface area (TPSA) is 118 Å². The molecule has 0 radical (unpaired) electrons. The number of hydrogen-bond acceptors (Lipinski definition) is 11. The van der Waals surface area contributed by atoms with Crippen molar-refractivity contribution in [1.82, 2.24) is 19.6 Å². The van der Waals surface area contributed by atoms with E-state index in [0.29, 0.717) is 39.3 Å². The Hall–Kier alpha value is -3.22. The second-order valence-electron chi connectivity index (χ2n) is 14.6. The Morgan fingerprint density at radius 1 is 0.543 bits per heavy atom. The Morgan fingerprint density at radius 3 is 1.30 bits per heavy atom. The molecule has 0 unspecified atom stereocenters. The van der Waals surface area contributed by atoms with Crippen LogP contribution in [-0.4, -0.2) is 132 Å². The van der Waals surface area contributed by atoms with Gasteiger partial charge in [-0.15, -0.1) is 0 Å². The van der Waals surface area contributed by atoms with Gasteiger partial charge in [-0.2, -0.15) is 0 Å². The number of amides is 1. The third kappa shape index (κ3) is 17.5. The molecule has 46 heavy (non-hydrogen) atoms. The van der Waals surface area contributed by atoms with E-state index in [1.165, 1.54) is 0 Å². The van der Waals surface area contributed by atoms with Crippen LogP contribution in [0.5, 0.6) is 0 Å². The monoisotopic (exact) mass is 648 g/mol. The summed E-state index contributed by atoms with van der Waals surface area (Å²) in [6.07, 6.45) is -0.471. The summed E-state index contributed by atoms with van der Waals surface area (Å²) in [5.41, 5.74) is -1.08. The van der Waals surface area contributed by atoms with E-state index in [4.69, 9.17) is 18.9 Å². The minimum Gasteiger partial charge on any atom is -0.460 e. The first-order valence-electron chi connectivity index (χ1n) is 16.1. The molecule has 1 heterocycles. The number of rotatable bonds is 8. The van der Waals surface area contributed by atoms with Crippen molar-refractivity contribution in [3.63, 3.8) is 0 Å². The van der Waals surface area contributed by atoms with Crippen LogP contribution >= 0.6 is 0 Å². The molecular formula is C34H56N4O8. The molecule has 2 rings (SSSR count). The number of ether oxygens (including phenoxy) is 4. The highest BCUT2D eigenvalue weighted by atomic mass is 16.6. The Bertz CT molecular complexity index is 1080. The van der Waals surface area contributed by atoms with E-state index in [-0.39, 0.29) is 57.2 Å². The average Bonchev–Trinajstić information content (AvgIpc) is 2.89.